The van der Waals surface area contributed by atoms with Crippen LogP contribution in [0.4, 0.5) is 11.4 Å². The fourth-order valence-electron chi connectivity index (χ4n) is 3.86. The maximum absolute atomic E-state index is 11.9. The molecular formula is C30H40N2O5. The van der Waals surface area contributed by atoms with E-state index in [0.717, 1.165) is 55.6 Å². The number of nitrogens with zero attached hydrogens (tertiary/aromatic N) is 2. The Morgan fingerprint density at radius 3 is 2.32 bits per heavy atom. The summed E-state index contributed by atoms with van der Waals surface area (Å²) in [6.45, 7) is 5.12. The Kier molecular flexibility index (Phi) is 12.3. The van der Waals surface area contributed by atoms with E-state index in [-0.39, 0.29) is 18.7 Å². The molecule has 37 heavy (non-hydrogen) atoms. The summed E-state index contributed by atoms with van der Waals surface area (Å²) in [5.41, 5.74) is 1.63. The van der Waals surface area contributed by atoms with Crippen molar-refractivity contribution in [1.82, 2.24) is 0 Å². The van der Waals surface area contributed by atoms with Crippen LogP contribution in [0.3, 0.4) is 0 Å². The molecule has 1 fully saturated rings. The van der Waals surface area contributed by atoms with Crippen LogP contribution in [0.5, 0.6) is 5.75 Å². The molecule has 200 valence electrons. The number of unbranched alkanes of at least 4 members (excludes halogenated alkanes) is 5. The van der Waals surface area contributed by atoms with Crippen LogP contribution >= 0.6 is 0 Å². The molecule has 2 aromatic rings. The lowest BCUT2D eigenvalue weighted by Crippen LogP contribution is -2.25. The molecule has 0 bridgehead atoms. The first-order valence-electron chi connectivity index (χ1n) is 13.3. The molecule has 1 aliphatic rings. The molecule has 0 amide bonds. The number of carbonyl (C=O) groups excluding carboxylic acids is 1. The summed E-state index contributed by atoms with van der Waals surface area (Å²) in [6.07, 6.45) is 12.1. The van der Waals surface area contributed by atoms with E-state index in [9.17, 15) is 4.79 Å². The topological polar surface area (TPSA) is 78.7 Å². The molecule has 0 radical (unpaired) electrons. The lowest BCUT2D eigenvalue weighted by atomic mass is 10.1. The molecule has 0 spiro atoms. The van der Waals surface area contributed by atoms with Gasteiger partial charge in [0.25, 0.3) is 0 Å². The summed E-state index contributed by atoms with van der Waals surface area (Å²) in [6, 6.07) is 17.3. The second-order valence-corrected chi connectivity index (χ2v) is 9.58. The fraction of sp³-hybridized carbons (Fsp3) is 0.500. The van der Waals surface area contributed by atoms with Crippen molar-refractivity contribution in [1.29, 1.82) is 0 Å². The highest BCUT2D eigenvalue weighted by molar-refractivity contribution is 5.69. The van der Waals surface area contributed by atoms with Crippen LogP contribution in [-0.4, -0.2) is 37.7 Å². The zero-order chi connectivity index (χ0) is 26.2. The minimum absolute atomic E-state index is 0.150. The smallest absolute Gasteiger partial charge is 0.305 e. The van der Waals surface area contributed by atoms with Gasteiger partial charge in [0.15, 0.2) is 5.79 Å². The molecule has 0 saturated carbocycles. The van der Waals surface area contributed by atoms with Gasteiger partial charge in [-0.25, -0.2) is 0 Å². The van der Waals surface area contributed by atoms with Crippen molar-refractivity contribution < 1.29 is 23.7 Å². The zero-order valence-corrected chi connectivity index (χ0v) is 22.1. The lowest BCUT2D eigenvalue weighted by Gasteiger charge is -2.16. The number of allylic oxidation sites excluding steroid dienone is 1. The van der Waals surface area contributed by atoms with E-state index >= 15 is 0 Å². The molecule has 1 heterocycles. The first-order chi connectivity index (χ1) is 18.0. The molecule has 1 saturated heterocycles. The Morgan fingerprint density at radius 2 is 1.59 bits per heavy atom. The van der Waals surface area contributed by atoms with Crippen LogP contribution in [0.2, 0.25) is 0 Å². The van der Waals surface area contributed by atoms with E-state index in [1.807, 2.05) is 68.4 Å². The molecule has 0 aliphatic carbocycles. The predicted octanol–water partition coefficient (Wildman–Crippen LogP) is 7.85. The van der Waals surface area contributed by atoms with E-state index in [4.69, 9.17) is 18.9 Å². The minimum atomic E-state index is -0.579. The van der Waals surface area contributed by atoms with E-state index in [1.165, 1.54) is 6.42 Å². The third-order valence-corrected chi connectivity index (χ3v) is 5.84. The molecule has 1 atom stereocenters. The Bertz CT molecular complexity index is 973. The summed E-state index contributed by atoms with van der Waals surface area (Å²) >= 11 is 0. The molecule has 7 heteroatoms. The lowest BCUT2D eigenvalue weighted by molar-refractivity contribution is -0.158. The first-order valence-corrected chi connectivity index (χ1v) is 13.3. The van der Waals surface area contributed by atoms with E-state index in [2.05, 4.69) is 22.4 Å². The number of rotatable bonds is 16. The van der Waals surface area contributed by atoms with Crippen LogP contribution in [0, 0.1) is 0 Å². The van der Waals surface area contributed by atoms with Gasteiger partial charge in [0.1, 0.15) is 18.5 Å². The van der Waals surface area contributed by atoms with Gasteiger partial charge in [0.05, 0.1) is 24.6 Å². The number of benzene rings is 2. The highest BCUT2D eigenvalue weighted by Gasteiger charge is 2.33. The van der Waals surface area contributed by atoms with Crippen LogP contribution < -0.4 is 4.74 Å². The molecule has 3 rings (SSSR count). The summed E-state index contributed by atoms with van der Waals surface area (Å²) in [5, 5.41) is 8.46. The average molecular weight is 509 g/mol. The number of hydrogen-bond acceptors (Lipinski definition) is 7. The fourth-order valence-corrected chi connectivity index (χ4v) is 3.86. The molecule has 2 aromatic carbocycles. The number of ether oxygens (including phenoxy) is 4. The SMILES string of the molecule is CC1(C)OCC(COC(=O)CCCCCCC/C=C\CCOc2ccc(/N=N/c3ccccc3)cc2)O1. The van der Waals surface area contributed by atoms with Gasteiger partial charge in [-0.05, 0) is 75.9 Å². The normalized spacial score (nSPS) is 17.0. The highest BCUT2D eigenvalue weighted by atomic mass is 16.7. The Labute approximate surface area is 220 Å². The van der Waals surface area contributed by atoms with Gasteiger partial charge in [-0.2, -0.15) is 10.2 Å². The van der Waals surface area contributed by atoms with Gasteiger partial charge in [-0.1, -0.05) is 49.6 Å². The Morgan fingerprint density at radius 1 is 0.919 bits per heavy atom. The molecule has 0 aromatic heterocycles. The van der Waals surface area contributed by atoms with Crippen molar-refractivity contribution in [3.63, 3.8) is 0 Å². The summed E-state index contributed by atoms with van der Waals surface area (Å²) in [4.78, 5) is 11.9. The number of azo groups is 1. The summed E-state index contributed by atoms with van der Waals surface area (Å²) < 4.78 is 22.2. The van der Waals surface area contributed by atoms with Crippen LogP contribution in [0.25, 0.3) is 0 Å². The van der Waals surface area contributed by atoms with Crippen molar-refractivity contribution in [3.8, 4) is 5.75 Å². The van der Waals surface area contributed by atoms with Gasteiger partial charge in [-0.15, -0.1) is 0 Å². The third-order valence-electron chi connectivity index (χ3n) is 5.84. The predicted molar refractivity (Wildman–Crippen MR) is 144 cm³/mol. The van der Waals surface area contributed by atoms with Crippen LogP contribution in [0.1, 0.15) is 65.2 Å². The monoisotopic (exact) mass is 508 g/mol. The summed E-state index contributed by atoms with van der Waals surface area (Å²) in [5.74, 6) is 0.105. The number of carbonyl (C=O) groups is 1. The maximum Gasteiger partial charge on any atom is 0.305 e. The van der Waals surface area contributed by atoms with Crippen molar-refractivity contribution in [3.05, 3.63) is 66.7 Å². The molecule has 7 nitrogen and oxygen atoms in total. The standard InChI is InChI=1S/C30H40N2O5/c1-30(2)36-24-28(37-30)23-35-29(33)17-13-8-6-4-3-5-7-9-14-22-34-27-20-18-26(19-21-27)32-31-25-15-11-10-12-16-25/h7,9-12,15-16,18-21,28H,3-6,8,13-14,17,22-24H2,1-2H3/b9-7-,32-31+. The van der Waals surface area contributed by atoms with Crippen molar-refractivity contribution in [2.24, 2.45) is 10.2 Å². The average Bonchev–Trinajstić information content (AvgIpc) is 3.26. The van der Waals surface area contributed by atoms with Crippen molar-refractivity contribution >= 4 is 17.3 Å². The highest BCUT2D eigenvalue weighted by Crippen LogP contribution is 2.23. The Hall–Kier alpha value is -3.03. The minimum Gasteiger partial charge on any atom is -0.493 e. The quantitative estimate of drug-likeness (QED) is 0.0998. The van der Waals surface area contributed by atoms with Gasteiger partial charge in [-0.3, -0.25) is 4.79 Å². The zero-order valence-electron chi connectivity index (χ0n) is 22.1. The van der Waals surface area contributed by atoms with Crippen LogP contribution in [-0.2, 0) is 19.0 Å². The van der Waals surface area contributed by atoms with Gasteiger partial charge in [0.2, 0.25) is 0 Å². The molecule has 1 aliphatic heterocycles. The third kappa shape index (κ3) is 12.2. The maximum atomic E-state index is 11.9. The van der Waals surface area contributed by atoms with E-state index < -0.39 is 5.79 Å². The van der Waals surface area contributed by atoms with E-state index in [0.29, 0.717) is 19.6 Å². The van der Waals surface area contributed by atoms with Crippen molar-refractivity contribution in [2.75, 3.05) is 19.8 Å². The number of esters is 1. The molecule has 0 N–H and O–H groups in total. The second kappa shape index (κ2) is 15.9. The van der Waals surface area contributed by atoms with E-state index in [1.54, 1.807) is 0 Å². The number of hydrogen-bond donors (Lipinski definition) is 0. The van der Waals surface area contributed by atoms with Gasteiger partial charge in [0, 0.05) is 6.42 Å². The second-order valence-electron chi connectivity index (χ2n) is 9.58. The van der Waals surface area contributed by atoms with Crippen molar-refractivity contribution in [2.45, 2.75) is 77.1 Å². The molecular weight excluding hydrogens is 468 g/mol. The Balaban J connectivity index is 1.13. The molecule has 1 unspecified atom stereocenters. The van der Waals surface area contributed by atoms with Gasteiger partial charge >= 0.3 is 5.97 Å². The largest absolute Gasteiger partial charge is 0.493 e. The van der Waals surface area contributed by atoms with Gasteiger partial charge < -0.3 is 18.9 Å². The first kappa shape index (κ1) is 28.5. The summed E-state index contributed by atoms with van der Waals surface area (Å²) in [7, 11) is 0. The van der Waals surface area contributed by atoms with Crippen LogP contribution in [0.15, 0.2) is 77.0 Å².